The zero-order chi connectivity index (χ0) is 11.9. The van der Waals surface area contributed by atoms with Crippen molar-refractivity contribution < 1.29 is 4.52 Å². The molecule has 2 rings (SSSR count). The Labute approximate surface area is 98.5 Å². The number of anilines is 1. The van der Waals surface area contributed by atoms with Gasteiger partial charge in [-0.05, 0) is 17.9 Å². The van der Waals surface area contributed by atoms with Gasteiger partial charge in [-0.3, -0.25) is 0 Å². The maximum absolute atomic E-state index is 5.94. The Balaban J connectivity index is 2.43. The fraction of sp³-hybridized carbons (Fsp3) is 0.455. The third-order valence-electron chi connectivity index (χ3n) is 2.31. The number of rotatable bonds is 1. The maximum atomic E-state index is 5.94. The lowest BCUT2D eigenvalue weighted by Gasteiger charge is -2.10. The molecule has 0 aliphatic heterocycles. The molecule has 2 heterocycles. The molecule has 0 aliphatic rings. The molecule has 2 N–H and O–H groups in total. The lowest BCUT2D eigenvalue weighted by atomic mass is 9.96. The van der Waals surface area contributed by atoms with Crippen LogP contribution in [-0.4, -0.2) is 10.1 Å². The van der Waals surface area contributed by atoms with Gasteiger partial charge in [-0.2, -0.15) is 4.98 Å². The number of thiophene rings is 1. The van der Waals surface area contributed by atoms with E-state index in [4.69, 9.17) is 10.3 Å². The highest BCUT2D eigenvalue weighted by Gasteiger charge is 2.23. The summed E-state index contributed by atoms with van der Waals surface area (Å²) in [6.07, 6.45) is 0. The van der Waals surface area contributed by atoms with Crippen LogP contribution in [0, 0.1) is 6.92 Å². The average Bonchev–Trinajstić information content (AvgIpc) is 2.74. The topological polar surface area (TPSA) is 64.9 Å². The summed E-state index contributed by atoms with van der Waals surface area (Å²) in [4.78, 5) is 5.24. The third kappa shape index (κ3) is 1.82. The number of hydrogen-bond acceptors (Lipinski definition) is 5. The molecule has 4 nitrogen and oxygen atoms in total. The van der Waals surface area contributed by atoms with Gasteiger partial charge in [-0.15, -0.1) is 11.3 Å². The Bertz CT molecular complexity index is 508. The lowest BCUT2D eigenvalue weighted by molar-refractivity contribution is 0.403. The van der Waals surface area contributed by atoms with E-state index in [1.54, 1.807) is 0 Å². The zero-order valence-corrected chi connectivity index (χ0v) is 10.7. The van der Waals surface area contributed by atoms with Crippen LogP contribution in [-0.2, 0) is 5.41 Å². The standard InChI is InChI=1S/C11H15N3OS/c1-6-5-16-8(7(6)12)9-13-10(14-15-9)11(2,3)4/h5H,12H2,1-4H3. The molecule has 0 atom stereocenters. The molecule has 2 aromatic heterocycles. The van der Waals surface area contributed by atoms with Gasteiger partial charge in [0.15, 0.2) is 5.82 Å². The molecule has 0 bridgehead atoms. The second-order valence-electron chi connectivity index (χ2n) is 4.83. The summed E-state index contributed by atoms with van der Waals surface area (Å²) in [5.74, 6) is 1.22. The molecule has 0 aromatic carbocycles. The van der Waals surface area contributed by atoms with Crippen LogP contribution >= 0.6 is 11.3 Å². The van der Waals surface area contributed by atoms with E-state index in [-0.39, 0.29) is 5.41 Å². The first-order chi connectivity index (χ1) is 7.39. The van der Waals surface area contributed by atoms with Crippen LogP contribution in [0.2, 0.25) is 0 Å². The van der Waals surface area contributed by atoms with E-state index in [1.165, 1.54) is 11.3 Å². The summed E-state index contributed by atoms with van der Waals surface area (Å²) in [6, 6.07) is 0. The highest BCUT2D eigenvalue weighted by atomic mass is 32.1. The van der Waals surface area contributed by atoms with E-state index in [9.17, 15) is 0 Å². The monoisotopic (exact) mass is 237 g/mol. The largest absolute Gasteiger partial charge is 0.397 e. The highest BCUT2D eigenvalue weighted by molar-refractivity contribution is 7.14. The van der Waals surface area contributed by atoms with E-state index in [0.717, 1.165) is 16.1 Å². The van der Waals surface area contributed by atoms with Crippen molar-refractivity contribution in [1.82, 2.24) is 10.1 Å². The predicted molar refractivity (Wildman–Crippen MR) is 65.5 cm³/mol. The van der Waals surface area contributed by atoms with Crippen LogP contribution in [0.4, 0.5) is 5.69 Å². The number of hydrogen-bond donors (Lipinski definition) is 1. The van der Waals surface area contributed by atoms with Crippen molar-refractivity contribution in [3.8, 4) is 10.8 Å². The number of aryl methyl sites for hydroxylation is 1. The quantitative estimate of drug-likeness (QED) is 0.828. The number of nitrogens with zero attached hydrogens (tertiary/aromatic N) is 2. The molecular weight excluding hydrogens is 222 g/mol. The van der Waals surface area contributed by atoms with Crippen molar-refractivity contribution in [2.45, 2.75) is 33.1 Å². The molecule has 0 aliphatic carbocycles. The summed E-state index contributed by atoms with van der Waals surface area (Å²) < 4.78 is 5.24. The first-order valence-electron chi connectivity index (χ1n) is 5.07. The summed E-state index contributed by atoms with van der Waals surface area (Å²) in [5.41, 5.74) is 7.61. The van der Waals surface area contributed by atoms with E-state index >= 15 is 0 Å². The van der Waals surface area contributed by atoms with Crippen LogP contribution in [0.25, 0.3) is 10.8 Å². The molecular formula is C11H15N3OS. The Hall–Kier alpha value is -1.36. The van der Waals surface area contributed by atoms with E-state index in [1.807, 2.05) is 33.1 Å². The predicted octanol–water partition coefficient (Wildman–Crippen LogP) is 2.99. The Kier molecular flexibility index (Phi) is 2.50. The smallest absolute Gasteiger partial charge is 0.270 e. The summed E-state index contributed by atoms with van der Waals surface area (Å²) in [5, 5.41) is 5.97. The van der Waals surface area contributed by atoms with Crippen molar-refractivity contribution in [2.75, 3.05) is 5.73 Å². The third-order valence-corrected chi connectivity index (χ3v) is 3.42. The fourth-order valence-electron chi connectivity index (χ4n) is 1.24. The molecule has 0 saturated heterocycles. The molecule has 0 radical (unpaired) electrons. The van der Waals surface area contributed by atoms with Crippen LogP contribution in [0.1, 0.15) is 32.2 Å². The van der Waals surface area contributed by atoms with Crippen molar-refractivity contribution in [3.63, 3.8) is 0 Å². The number of nitrogen functional groups attached to an aromatic ring is 1. The van der Waals surface area contributed by atoms with Crippen molar-refractivity contribution in [3.05, 3.63) is 16.8 Å². The normalized spacial score (nSPS) is 12.0. The molecule has 2 aromatic rings. The van der Waals surface area contributed by atoms with Crippen molar-refractivity contribution >= 4 is 17.0 Å². The molecule has 16 heavy (non-hydrogen) atoms. The second kappa shape index (κ2) is 3.59. The Morgan fingerprint density at radius 3 is 2.50 bits per heavy atom. The van der Waals surface area contributed by atoms with E-state index in [0.29, 0.717) is 11.7 Å². The highest BCUT2D eigenvalue weighted by Crippen LogP contribution is 2.34. The number of aromatic nitrogens is 2. The van der Waals surface area contributed by atoms with Gasteiger partial charge < -0.3 is 10.3 Å². The van der Waals surface area contributed by atoms with Gasteiger partial charge in [0.2, 0.25) is 0 Å². The van der Waals surface area contributed by atoms with Gasteiger partial charge in [0.05, 0.1) is 5.69 Å². The fourth-order valence-corrected chi connectivity index (χ4v) is 2.13. The molecule has 0 amide bonds. The van der Waals surface area contributed by atoms with Crippen LogP contribution in [0.3, 0.4) is 0 Å². The van der Waals surface area contributed by atoms with Gasteiger partial charge in [0, 0.05) is 5.41 Å². The number of nitrogens with two attached hydrogens (primary N) is 1. The minimum Gasteiger partial charge on any atom is -0.397 e. The first-order valence-corrected chi connectivity index (χ1v) is 5.95. The lowest BCUT2D eigenvalue weighted by Crippen LogP contribution is -2.13. The molecule has 0 unspecified atom stereocenters. The molecule has 0 spiro atoms. The molecule has 5 heteroatoms. The zero-order valence-electron chi connectivity index (χ0n) is 9.87. The summed E-state index contributed by atoms with van der Waals surface area (Å²) in [6.45, 7) is 8.11. The minimum absolute atomic E-state index is 0.108. The molecule has 0 saturated carbocycles. The second-order valence-corrected chi connectivity index (χ2v) is 5.71. The van der Waals surface area contributed by atoms with Crippen molar-refractivity contribution in [1.29, 1.82) is 0 Å². The van der Waals surface area contributed by atoms with Crippen LogP contribution < -0.4 is 5.73 Å². The minimum atomic E-state index is -0.108. The van der Waals surface area contributed by atoms with Gasteiger partial charge in [0.25, 0.3) is 5.89 Å². The van der Waals surface area contributed by atoms with Crippen molar-refractivity contribution in [2.24, 2.45) is 0 Å². The van der Waals surface area contributed by atoms with Gasteiger partial charge in [0.1, 0.15) is 4.88 Å². The first kappa shape index (κ1) is 11.1. The molecule has 86 valence electrons. The summed E-state index contributed by atoms with van der Waals surface area (Å²) in [7, 11) is 0. The maximum Gasteiger partial charge on any atom is 0.270 e. The summed E-state index contributed by atoms with van der Waals surface area (Å²) >= 11 is 1.53. The average molecular weight is 237 g/mol. The van der Waals surface area contributed by atoms with E-state index in [2.05, 4.69) is 10.1 Å². The molecule has 0 fully saturated rings. The van der Waals surface area contributed by atoms with Gasteiger partial charge in [-0.25, -0.2) is 0 Å². The van der Waals surface area contributed by atoms with Crippen LogP contribution in [0.5, 0.6) is 0 Å². The Morgan fingerprint density at radius 1 is 1.38 bits per heavy atom. The van der Waals surface area contributed by atoms with Gasteiger partial charge in [-0.1, -0.05) is 25.9 Å². The SMILES string of the molecule is Cc1csc(-c2nc(C(C)(C)C)no2)c1N. The van der Waals surface area contributed by atoms with E-state index < -0.39 is 0 Å². The Morgan fingerprint density at radius 2 is 2.06 bits per heavy atom. The van der Waals surface area contributed by atoms with Crippen LogP contribution in [0.15, 0.2) is 9.90 Å². The van der Waals surface area contributed by atoms with Gasteiger partial charge >= 0.3 is 0 Å².